The van der Waals surface area contributed by atoms with E-state index in [0.29, 0.717) is 11.4 Å². The topological polar surface area (TPSA) is 82.9 Å². The fourth-order valence-electron chi connectivity index (χ4n) is 1.46. The Labute approximate surface area is 123 Å². The summed E-state index contributed by atoms with van der Waals surface area (Å²) in [6, 6.07) is 1.77. The molecule has 0 bridgehead atoms. The predicted molar refractivity (Wildman–Crippen MR) is 77.5 cm³/mol. The second-order valence-corrected chi connectivity index (χ2v) is 6.53. The molecule has 1 heterocycles. The Hall–Kier alpha value is -1.74. The van der Waals surface area contributed by atoms with Crippen LogP contribution in [0.3, 0.4) is 0 Å². The highest BCUT2D eigenvalue weighted by atomic mass is 32.1. The minimum atomic E-state index is -1.30. The van der Waals surface area contributed by atoms with Gasteiger partial charge in [-0.15, -0.1) is 11.3 Å². The second-order valence-electron chi connectivity index (χ2n) is 5.50. The molecular weight excluding hydrogens is 274 g/mol. The Morgan fingerprint density at radius 1 is 1.50 bits per heavy atom. The molecule has 1 rings (SSSR count). The highest BCUT2D eigenvalue weighted by Crippen LogP contribution is 2.28. The lowest BCUT2D eigenvalue weighted by molar-refractivity contribution is -0.122. The lowest BCUT2D eigenvalue weighted by atomic mass is 9.98. The maximum Gasteiger partial charge on any atom is 0.245 e. The lowest BCUT2D eigenvalue weighted by Gasteiger charge is -2.13. The Morgan fingerprint density at radius 2 is 2.15 bits per heavy atom. The standard InChI is InChI=1S/C14H19N3O2S/c1-5-6-16-12(19)9(7-15)11(18)10-8-17-13(20-10)14(2,3)4/h8-9H,5-6H2,1-4H3,(H,16,19). The predicted octanol–water partition coefficient (Wildman–Crippen LogP) is 2.29. The van der Waals surface area contributed by atoms with Gasteiger partial charge in [0.15, 0.2) is 5.92 Å². The molecule has 1 amide bonds. The van der Waals surface area contributed by atoms with Gasteiger partial charge in [-0.05, 0) is 6.42 Å². The molecule has 6 heteroatoms. The minimum Gasteiger partial charge on any atom is -0.355 e. The first-order valence-corrected chi connectivity index (χ1v) is 7.30. The maximum absolute atomic E-state index is 12.2. The van der Waals surface area contributed by atoms with Crippen molar-refractivity contribution in [1.29, 1.82) is 5.26 Å². The number of rotatable bonds is 5. The molecule has 1 aromatic rings. The minimum absolute atomic E-state index is 0.157. The number of Topliss-reactive ketones (excluding diaryl/α,β-unsaturated/α-hetero) is 1. The van der Waals surface area contributed by atoms with Gasteiger partial charge < -0.3 is 5.32 Å². The van der Waals surface area contributed by atoms with Crippen molar-refractivity contribution in [1.82, 2.24) is 10.3 Å². The van der Waals surface area contributed by atoms with Gasteiger partial charge in [-0.3, -0.25) is 9.59 Å². The smallest absolute Gasteiger partial charge is 0.245 e. The van der Waals surface area contributed by atoms with Crippen molar-refractivity contribution in [2.45, 2.75) is 39.5 Å². The van der Waals surface area contributed by atoms with Crippen LogP contribution < -0.4 is 5.32 Å². The van der Waals surface area contributed by atoms with Crippen molar-refractivity contribution in [3.05, 3.63) is 16.1 Å². The zero-order valence-corrected chi connectivity index (χ0v) is 13.0. The van der Waals surface area contributed by atoms with Crippen molar-refractivity contribution < 1.29 is 9.59 Å². The Kier molecular flexibility index (Phi) is 5.40. The number of amides is 1. The van der Waals surface area contributed by atoms with E-state index in [4.69, 9.17) is 5.26 Å². The summed E-state index contributed by atoms with van der Waals surface area (Å²) < 4.78 is 0. The molecule has 1 atom stereocenters. The molecule has 0 saturated heterocycles. The summed E-state index contributed by atoms with van der Waals surface area (Å²) in [4.78, 5) is 28.5. The van der Waals surface area contributed by atoms with E-state index in [1.165, 1.54) is 17.5 Å². The summed E-state index contributed by atoms with van der Waals surface area (Å²) in [5, 5.41) is 12.4. The third kappa shape index (κ3) is 3.87. The number of hydrogen-bond acceptors (Lipinski definition) is 5. The van der Waals surface area contributed by atoms with Crippen LogP contribution in [-0.4, -0.2) is 23.2 Å². The van der Waals surface area contributed by atoms with E-state index in [2.05, 4.69) is 10.3 Å². The number of carbonyl (C=O) groups excluding carboxylic acids is 2. The van der Waals surface area contributed by atoms with Crippen LogP contribution in [-0.2, 0) is 10.2 Å². The van der Waals surface area contributed by atoms with E-state index < -0.39 is 17.6 Å². The number of ketones is 1. The van der Waals surface area contributed by atoms with E-state index in [0.717, 1.165) is 11.4 Å². The van der Waals surface area contributed by atoms with Crippen molar-refractivity contribution in [3.8, 4) is 6.07 Å². The van der Waals surface area contributed by atoms with Crippen LogP contribution in [0.5, 0.6) is 0 Å². The zero-order valence-electron chi connectivity index (χ0n) is 12.2. The number of nitrogens with zero attached hydrogens (tertiary/aromatic N) is 2. The molecule has 0 fully saturated rings. The summed E-state index contributed by atoms with van der Waals surface area (Å²) in [6.45, 7) is 8.35. The third-order valence-corrected chi connectivity index (χ3v) is 4.03. The number of aromatic nitrogens is 1. The average molecular weight is 293 g/mol. The average Bonchev–Trinajstić information content (AvgIpc) is 2.86. The van der Waals surface area contributed by atoms with Gasteiger partial charge in [0.05, 0.1) is 16.0 Å². The molecule has 1 N–H and O–H groups in total. The second kappa shape index (κ2) is 6.62. The molecule has 0 aliphatic rings. The van der Waals surface area contributed by atoms with Gasteiger partial charge in [-0.25, -0.2) is 4.98 Å². The van der Waals surface area contributed by atoms with E-state index in [1.54, 1.807) is 6.07 Å². The van der Waals surface area contributed by atoms with E-state index in [9.17, 15) is 9.59 Å². The molecule has 20 heavy (non-hydrogen) atoms. The number of thiazole rings is 1. The van der Waals surface area contributed by atoms with Gasteiger partial charge in [-0.2, -0.15) is 5.26 Å². The van der Waals surface area contributed by atoms with Gasteiger partial charge in [0, 0.05) is 18.2 Å². The van der Waals surface area contributed by atoms with Crippen LogP contribution in [0.25, 0.3) is 0 Å². The number of nitrogens with one attached hydrogen (secondary N) is 1. The SMILES string of the molecule is CCCNC(=O)C(C#N)C(=O)c1cnc(C(C)(C)C)s1. The molecule has 0 saturated carbocycles. The quantitative estimate of drug-likeness (QED) is 0.667. The molecule has 0 aliphatic heterocycles. The highest BCUT2D eigenvalue weighted by molar-refractivity contribution is 7.13. The Balaban J connectivity index is 2.90. The van der Waals surface area contributed by atoms with Gasteiger partial charge in [0.2, 0.25) is 11.7 Å². The van der Waals surface area contributed by atoms with Crippen molar-refractivity contribution >= 4 is 23.0 Å². The summed E-state index contributed by atoms with van der Waals surface area (Å²) in [5.74, 6) is -2.31. The van der Waals surface area contributed by atoms with Crippen LogP contribution in [0.1, 0.15) is 48.8 Å². The van der Waals surface area contributed by atoms with Crippen LogP contribution >= 0.6 is 11.3 Å². The molecule has 1 unspecified atom stereocenters. The molecule has 5 nitrogen and oxygen atoms in total. The third-order valence-electron chi connectivity index (χ3n) is 2.59. The number of hydrogen-bond donors (Lipinski definition) is 1. The molecule has 0 spiro atoms. The largest absolute Gasteiger partial charge is 0.355 e. The molecule has 0 aromatic carbocycles. The first-order chi connectivity index (χ1) is 9.31. The van der Waals surface area contributed by atoms with Crippen molar-refractivity contribution in [3.63, 3.8) is 0 Å². The van der Waals surface area contributed by atoms with Gasteiger partial charge in [0.1, 0.15) is 0 Å². The van der Waals surface area contributed by atoms with Crippen LogP contribution in [0.4, 0.5) is 0 Å². The summed E-state index contributed by atoms with van der Waals surface area (Å²) in [5.41, 5.74) is -0.157. The van der Waals surface area contributed by atoms with Crippen LogP contribution in [0, 0.1) is 17.2 Å². The van der Waals surface area contributed by atoms with Gasteiger partial charge in [-0.1, -0.05) is 27.7 Å². The molecular formula is C14H19N3O2S. The molecule has 1 aromatic heterocycles. The molecule has 0 aliphatic carbocycles. The maximum atomic E-state index is 12.2. The normalized spacial score (nSPS) is 12.6. The summed E-state index contributed by atoms with van der Waals surface area (Å²) >= 11 is 1.24. The van der Waals surface area contributed by atoms with Crippen LogP contribution in [0.2, 0.25) is 0 Å². The Bertz CT molecular complexity index is 537. The fourth-order valence-corrected chi connectivity index (χ4v) is 2.41. The fraction of sp³-hybridized carbons (Fsp3) is 0.571. The van der Waals surface area contributed by atoms with E-state index in [1.807, 2.05) is 27.7 Å². The highest BCUT2D eigenvalue weighted by Gasteiger charge is 2.30. The lowest BCUT2D eigenvalue weighted by Crippen LogP contribution is -2.34. The first-order valence-electron chi connectivity index (χ1n) is 6.49. The summed E-state index contributed by atoms with van der Waals surface area (Å²) in [7, 11) is 0. The van der Waals surface area contributed by atoms with E-state index >= 15 is 0 Å². The number of nitriles is 1. The molecule has 108 valence electrons. The summed E-state index contributed by atoms with van der Waals surface area (Å²) in [6.07, 6.45) is 2.21. The van der Waals surface area contributed by atoms with Gasteiger partial charge >= 0.3 is 0 Å². The Morgan fingerprint density at radius 3 is 2.60 bits per heavy atom. The monoisotopic (exact) mass is 293 g/mol. The zero-order chi connectivity index (χ0) is 15.3. The van der Waals surface area contributed by atoms with Crippen LogP contribution in [0.15, 0.2) is 6.20 Å². The number of carbonyl (C=O) groups is 2. The molecule has 0 radical (unpaired) electrons. The van der Waals surface area contributed by atoms with Gasteiger partial charge in [0.25, 0.3) is 0 Å². The first kappa shape index (κ1) is 16.3. The van der Waals surface area contributed by atoms with Crippen molar-refractivity contribution in [2.24, 2.45) is 5.92 Å². The van der Waals surface area contributed by atoms with E-state index in [-0.39, 0.29) is 5.41 Å². The van der Waals surface area contributed by atoms with Crippen molar-refractivity contribution in [2.75, 3.05) is 6.54 Å².